The molecule has 0 aromatic carbocycles. The summed E-state index contributed by atoms with van der Waals surface area (Å²) in [7, 11) is 0. The van der Waals surface area contributed by atoms with Gasteiger partial charge < -0.3 is 4.74 Å². The largest absolute Gasteiger partial charge is 0.381 e. The molecule has 0 aromatic heterocycles. The number of rotatable bonds is 4. The van der Waals surface area contributed by atoms with Crippen molar-refractivity contribution in [3.05, 3.63) is 0 Å². The monoisotopic (exact) mass is 202 g/mol. The molecule has 0 amide bonds. The Morgan fingerprint density at radius 3 is 2.85 bits per heavy atom. The summed E-state index contributed by atoms with van der Waals surface area (Å²) in [5.74, 6) is 1.74. The van der Waals surface area contributed by atoms with E-state index in [0.717, 1.165) is 30.3 Å². The van der Waals surface area contributed by atoms with E-state index >= 15 is 0 Å². The number of thioether (sulfide) groups is 1. The van der Waals surface area contributed by atoms with Gasteiger partial charge in [0, 0.05) is 18.5 Å². The zero-order valence-electron chi connectivity index (χ0n) is 9.08. The molecule has 0 radical (unpaired) electrons. The van der Waals surface area contributed by atoms with Gasteiger partial charge in [0.1, 0.15) is 0 Å². The van der Waals surface area contributed by atoms with E-state index in [1.54, 1.807) is 0 Å². The number of hydrogen-bond acceptors (Lipinski definition) is 2. The van der Waals surface area contributed by atoms with Crippen LogP contribution in [0.2, 0.25) is 0 Å². The Bertz CT molecular complexity index is 138. The standard InChI is InChI=1S/C11H22OS/c1-4-10-5-6-12-8-11(10)7-9(2)13-3/h9-11H,4-8H2,1-3H3/t9?,10-,11?/m1/s1. The van der Waals surface area contributed by atoms with E-state index in [1.165, 1.54) is 19.3 Å². The van der Waals surface area contributed by atoms with E-state index in [2.05, 4.69) is 20.1 Å². The van der Waals surface area contributed by atoms with Crippen LogP contribution in [0.25, 0.3) is 0 Å². The first kappa shape index (κ1) is 11.4. The van der Waals surface area contributed by atoms with Crippen LogP contribution in [-0.2, 0) is 4.74 Å². The summed E-state index contributed by atoms with van der Waals surface area (Å²) < 4.78 is 5.55. The van der Waals surface area contributed by atoms with Crippen LogP contribution in [0, 0.1) is 11.8 Å². The maximum atomic E-state index is 5.55. The molecule has 0 bridgehead atoms. The predicted octanol–water partition coefficient (Wildman–Crippen LogP) is 3.19. The summed E-state index contributed by atoms with van der Waals surface area (Å²) in [6.45, 7) is 6.63. The summed E-state index contributed by atoms with van der Waals surface area (Å²) in [5.41, 5.74) is 0. The maximum Gasteiger partial charge on any atom is 0.0497 e. The minimum atomic E-state index is 0.792. The molecule has 1 saturated heterocycles. The van der Waals surface area contributed by atoms with Gasteiger partial charge in [0.25, 0.3) is 0 Å². The van der Waals surface area contributed by atoms with Crippen molar-refractivity contribution in [2.45, 2.75) is 38.4 Å². The molecule has 1 rings (SSSR count). The highest BCUT2D eigenvalue weighted by Crippen LogP contribution is 2.30. The fourth-order valence-corrected chi connectivity index (χ4v) is 2.60. The third-order valence-electron chi connectivity index (χ3n) is 3.19. The van der Waals surface area contributed by atoms with Crippen molar-refractivity contribution in [1.29, 1.82) is 0 Å². The lowest BCUT2D eigenvalue weighted by Gasteiger charge is -2.32. The molecule has 78 valence electrons. The Hall–Kier alpha value is 0.310. The normalized spacial score (nSPS) is 31.6. The average Bonchev–Trinajstić information content (AvgIpc) is 2.18. The van der Waals surface area contributed by atoms with Crippen LogP contribution in [0.4, 0.5) is 0 Å². The van der Waals surface area contributed by atoms with E-state index in [4.69, 9.17) is 4.74 Å². The van der Waals surface area contributed by atoms with Crippen molar-refractivity contribution in [1.82, 2.24) is 0 Å². The topological polar surface area (TPSA) is 9.23 Å². The molecular formula is C11H22OS. The molecule has 0 N–H and O–H groups in total. The summed E-state index contributed by atoms with van der Waals surface area (Å²) in [5, 5.41) is 0.792. The highest BCUT2D eigenvalue weighted by molar-refractivity contribution is 7.99. The first-order chi connectivity index (χ1) is 6.27. The Labute approximate surface area is 86.6 Å². The zero-order chi connectivity index (χ0) is 9.68. The lowest BCUT2D eigenvalue weighted by Crippen LogP contribution is -2.29. The smallest absolute Gasteiger partial charge is 0.0497 e. The minimum Gasteiger partial charge on any atom is -0.381 e. The third-order valence-corrected chi connectivity index (χ3v) is 4.19. The quantitative estimate of drug-likeness (QED) is 0.692. The van der Waals surface area contributed by atoms with E-state index in [-0.39, 0.29) is 0 Å². The Morgan fingerprint density at radius 2 is 2.23 bits per heavy atom. The molecule has 1 heterocycles. The Kier molecular flexibility index (Phi) is 5.18. The van der Waals surface area contributed by atoms with Crippen molar-refractivity contribution < 1.29 is 4.74 Å². The molecule has 1 aliphatic heterocycles. The molecule has 0 saturated carbocycles. The van der Waals surface area contributed by atoms with Gasteiger partial charge in [-0.1, -0.05) is 20.3 Å². The van der Waals surface area contributed by atoms with Gasteiger partial charge in [0.15, 0.2) is 0 Å². The SMILES string of the molecule is CC[C@@H]1CCOCC1CC(C)SC. The second-order valence-corrected chi connectivity index (χ2v) is 5.35. The van der Waals surface area contributed by atoms with Crippen LogP contribution in [0.15, 0.2) is 0 Å². The van der Waals surface area contributed by atoms with Gasteiger partial charge in [-0.05, 0) is 30.9 Å². The molecule has 2 heteroatoms. The van der Waals surface area contributed by atoms with Crippen LogP contribution in [0.3, 0.4) is 0 Å². The highest BCUT2D eigenvalue weighted by atomic mass is 32.2. The van der Waals surface area contributed by atoms with E-state index in [9.17, 15) is 0 Å². The van der Waals surface area contributed by atoms with Crippen LogP contribution < -0.4 is 0 Å². The molecule has 13 heavy (non-hydrogen) atoms. The van der Waals surface area contributed by atoms with Gasteiger partial charge >= 0.3 is 0 Å². The fraction of sp³-hybridized carbons (Fsp3) is 1.00. The molecule has 1 aliphatic rings. The van der Waals surface area contributed by atoms with Crippen molar-refractivity contribution in [2.75, 3.05) is 19.5 Å². The average molecular weight is 202 g/mol. The summed E-state index contributed by atoms with van der Waals surface area (Å²) in [6, 6.07) is 0. The molecule has 3 atom stereocenters. The Morgan fingerprint density at radius 1 is 1.46 bits per heavy atom. The van der Waals surface area contributed by atoms with Crippen LogP contribution in [0.5, 0.6) is 0 Å². The van der Waals surface area contributed by atoms with E-state index in [1.807, 2.05) is 11.8 Å². The second kappa shape index (κ2) is 5.92. The van der Waals surface area contributed by atoms with Gasteiger partial charge in [-0.15, -0.1) is 0 Å². The van der Waals surface area contributed by atoms with Gasteiger partial charge in [-0.3, -0.25) is 0 Å². The zero-order valence-corrected chi connectivity index (χ0v) is 9.90. The summed E-state index contributed by atoms with van der Waals surface area (Å²) >= 11 is 1.98. The predicted molar refractivity (Wildman–Crippen MR) is 60.3 cm³/mol. The molecule has 0 spiro atoms. The van der Waals surface area contributed by atoms with E-state index in [0.29, 0.717) is 0 Å². The van der Waals surface area contributed by atoms with Crippen LogP contribution in [-0.4, -0.2) is 24.7 Å². The number of ether oxygens (including phenoxy) is 1. The van der Waals surface area contributed by atoms with E-state index < -0.39 is 0 Å². The van der Waals surface area contributed by atoms with Crippen LogP contribution >= 0.6 is 11.8 Å². The van der Waals surface area contributed by atoms with Crippen molar-refractivity contribution >= 4 is 11.8 Å². The van der Waals surface area contributed by atoms with Crippen LogP contribution in [0.1, 0.15) is 33.1 Å². The molecular weight excluding hydrogens is 180 g/mol. The molecule has 2 unspecified atom stereocenters. The first-order valence-corrected chi connectivity index (χ1v) is 6.67. The maximum absolute atomic E-state index is 5.55. The molecule has 1 nitrogen and oxygen atoms in total. The lowest BCUT2D eigenvalue weighted by atomic mass is 9.83. The van der Waals surface area contributed by atoms with Crippen molar-refractivity contribution in [3.8, 4) is 0 Å². The van der Waals surface area contributed by atoms with Gasteiger partial charge in [-0.2, -0.15) is 11.8 Å². The highest BCUT2D eigenvalue weighted by Gasteiger charge is 2.25. The third kappa shape index (κ3) is 3.51. The Balaban J connectivity index is 2.35. The van der Waals surface area contributed by atoms with Crippen molar-refractivity contribution in [3.63, 3.8) is 0 Å². The fourth-order valence-electron chi connectivity index (χ4n) is 2.16. The summed E-state index contributed by atoms with van der Waals surface area (Å²) in [6.07, 6.45) is 6.15. The lowest BCUT2D eigenvalue weighted by molar-refractivity contribution is 0.0125. The molecule has 1 fully saturated rings. The minimum absolute atomic E-state index is 0.792. The first-order valence-electron chi connectivity index (χ1n) is 5.38. The van der Waals surface area contributed by atoms with Gasteiger partial charge in [-0.25, -0.2) is 0 Å². The summed E-state index contributed by atoms with van der Waals surface area (Å²) in [4.78, 5) is 0. The van der Waals surface area contributed by atoms with Gasteiger partial charge in [0.2, 0.25) is 0 Å². The molecule has 0 aromatic rings. The number of hydrogen-bond donors (Lipinski definition) is 0. The van der Waals surface area contributed by atoms with Crippen molar-refractivity contribution in [2.24, 2.45) is 11.8 Å². The van der Waals surface area contributed by atoms with Gasteiger partial charge in [0.05, 0.1) is 0 Å². The molecule has 0 aliphatic carbocycles. The second-order valence-electron chi connectivity index (χ2n) is 4.07.